The van der Waals surface area contributed by atoms with E-state index < -0.39 is 24.5 Å². The Morgan fingerprint density at radius 1 is 0.935 bits per heavy atom. The number of hydroxylamine groups is 2. The van der Waals surface area contributed by atoms with Crippen molar-refractivity contribution in [3.63, 3.8) is 0 Å². The summed E-state index contributed by atoms with van der Waals surface area (Å²) in [5.74, 6) is 0.454. The average molecular weight is 868 g/mol. The highest BCUT2D eigenvalue weighted by molar-refractivity contribution is 6.00. The van der Waals surface area contributed by atoms with Crippen LogP contribution in [0.25, 0.3) is 22.1 Å². The minimum Gasteiger partial charge on any atom is -0.393 e. The van der Waals surface area contributed by atoms with Crippen LogP contribution < -0.4 is 16.3 Å². The zero-order chi connectivity index (χ0) is 43.4. The fraction of sp³-hybridized carbons (Fsp3) is 0.659. The summed E-state index contributed by atoms with van der Waals surface area (Å²) in [6.45, 7) is 5.96. The summed E-state index contributed by atoms with van der Waals surface area (Å²) in [5.41, 5.74) is 4.23. The monoisotopic (exact) mass is 867 g/mol. The average Bonchev–Trinajstić information content (AvgIpc) is 3.74. The predicted octanol–water partition coefficient (Wildman–Crippen LogP) is 5.38. The lowest BCUT2D eigenvalue weighted by Crippen LogP contribution is -2.48. The number of fused-ring (bicyclic) bond motifs is 2. The van der Waals surface area contributed by atoms with Crippen LogP contribution in [0.3, 0.4) is 0 Å². The molecule has 4 fully saturated rings. The molecule has 8 rings (SSSR count). The number of imidazole rings is 1. The number of carbonyl (C=O) groups excluding carboxylic acids is 2. The molecule has 2 amide bonds. The second-order valence-corrected chi connectivity index (χ2v) is 17.7. The second kappa shape index (κ2) is 19.6. The second-order valence-electron chi connectivity index (χ2n) is 17.7. The third-order valence-electron chi connectivity index (χ3n) is 13.4. The van der Waals surface area contributed by atoms with E-state index >= 15 is 0 Å². The summed E-state index contributed by atoms with van der Waals surface area (Å²) < 4.78 is 49.5. The molecule has 1 atom stereocenters. The van der Waals surface area contributed by atoms with Gasteiger partial charge in [0.2, 0.25) is 17.8 Å². The Labute approximate surface area is 358 Å². The van der Waals surface area contributed by atoms with Crippen molar-refractivity contribution in [2.45, 2.75) is 114 Å². The minimum atomic E-state index is -4.25. The van der Waals surface area contributed by atoms with Gasteiger partial charge in [-0.3, -0.25) is 28.9 Å². The number of carbonyl (C=O) groups is 2. The molecule has 338 valence electrons. The number of amides is 2. The molecule has 0 spiro atoms. The van der Waals surface area contributed by atoms with Gasteiger partial charge in [0.1, 0.15) is 11.7 Å². The quantitative estimate of drug-likeness (QED) is 0.0981. The Balaban J connectivity index is 0.737. The first-order valence-corrected chi connectivity index (χ1v) is 22.5. The largest absolute Gasteiger partial charge is 0.393 e. The van der Waals surface area contributed by atoms with Gasteiger partial charge in [0, 0.05) is 83.2 Å². The van der Waals surface area contributed by atoms with E-state index in [1.807, 2.05) is 23.3 Å². The van der Waals surface area contributed by atoms with Gasteiger partial charge in [0.15, 0.2) is 0 Å². The number of halogens is 3. The molecule has 15 nitrogen and oxygen atoms in total. The summed E-state index contributed by atoms with van der Waals surface area (Å²) in [4.78, 5) is 54.9. The van der Waals surface area contributed by atoms with Crippen molar-refractivity contribution < 1.29 is 37.4 Å². The summed E-state index contributed by atoms with van der Waals surface area (Å²) in [5, 5.41) is 18.3. The highest BCUT2D eigenvalue weighted by Gasteiger charge is 2.33. The number of piperidine rings is 1. The van der Waals surface area contributed by atoms with Crippen molar-refractivity contribution in [1.82, 2.24) is 38.9 Å². The minimum absolute atomic E-state index is 0.189. The molecule has 0 bridgehead atoms. The summed E-state index contributed by atoms with van der Waals surface area (Å²) in [6.07, 6.45) is 8.15. The van der Waals surface area contributed by atoms with Gasteiger partial charge in [-0.15, -0.1) is 0 Å². The van der Waals surface area contributed by atoms with Crippen LogP contribution in [0.2, 0.25) is 0 Å². The van der Waals surface area contributed by atoms with Gasteiger partial charge in [-0.2, -0.15) is 23.2 Å². The lowest BCUT2D eigenvalue weighted by Gasteiger charge is -2.37. The molecule has 62 heavy (non-hydrogen) atoms. The maximum Gasteiger partial charge on any atom is 0.390 e. The first-order valence-electron chi connectivity index (χ1n) is 22.5. The molecule has 4 aliphatic rings. The van der Waals surface area contributed by atoms with Crippen molar-refractivity contribution >= 4 is 39.8 Å². The van der Waals surface area contributed by atoms with E-state index in [1.54, 1.807) is 17.8 Å². The predicted molar refractivity (Wildman–Crippen MR) is 227 cm³/mol. The van der Waals surface area contributed by atoms with Gasteiger partial charge < -0.3 is 24.6 Å². The van der Waals surface area contributed by atoms with Gasteiger partial charge in [0.05, 0.1) is 36.8 Å². The maximum absolute atomic E-state index is 13.1. The Kier molecular flexibility index (Phi) is 14.0. The van der Waals surface area contributed by atoms with Crippen LogP contribution in [0.5, 0.6) is 0 Å². The summed E-state index contributed by atoms with van der Waals surface area (Å²) >= 11 is 0. The fourth-order valence-corrected chi connectivity index (χ4v) is 9.96. The molecule has 3 aromatic heterocycles. The molecule has 0 unspecified atom stereocenters. The van der Waals surface area contributed by atoms with Crippen molar-refractivity contribution in [3.05, 3.63) is 52.2 Å². The number of aryl methyl sites for hydroxylation is 2. The normalized spacial score (nSPS) is 24.6. The Morgan fingerprint density at radius 3 is 2.45 bits per heavy atom. The molecule has 5 heterocycles. The third kappa shape index (κ3) is 10.5. The number of aliphatic hydroxyl groups is 1. The number of hydrogen-bond donors (Lipinski definition) is 3. The van der Waals surface area contributed by atoms with Crippen LogP contribution in [0.1, 0.15) is 106 Å². The van der Waals surface area contributed by atoms with Crippen molar-refractivity contribution in [2.24, 2.45) is 13.0 Å². The molecule has 1 aromatic carbocycles. The Hall–Kier alpha value is -4.36. The summed E-state index contributed by atoms with van der Waals surface area (Å²) in [7, 11) is 1.70. The number of alkyl halides is 3. The zero-order valence-corrected chi connectivity index (χ0v) is 35.6. The molecule has 0 radical (unpaired) electrons. The number of aliphatic hydroxyl groups excluding tert-OH is 1. The molecule has 2 aliphatic carbocycles. The molecular formula is C44H60F3N9O6. The third-order valence-corrected chi connectivity index (χ3v) is 13.4. The number of ether oxygens (including phenoxy) is 1. The van der Waals surface area contributed by atoms with E-state index in [0.717, 1.165) is 119 Å². The summed E-state index contributed by atoms with van der Waals surface area (Å²) in [6, 6.07) is 5.34. The van der Waals surface area contributed by atoms with Gasteiger partial charge in [-0.1, -0.05) is 6.07 Å². The molecule has 4 aromatic rings. The topological polar surface area (TPSA) is 161 Å². The van der Waals surface area contributed by atoms with E-state index in [4.69, 9.17) is 14.6 Å². The van der Waals surface area contributed by atoms with Gasteiger partial charge in [-0.05, 0) is 106 Å². The first kappa shape index (κ1) is 44.3. The molecule has 2 saturated carbocycles. The number of piperazine rings is 1. The van der Waals surface area contributed by atoms with Crippen molar-refractivity contribution in [3.8, 4) is 0 Å². The van der Waals surface area contributed by atoms with Crippen LogP contribution in [0, 0.1) is 5.92 Å². The lowest BCUT2D eigenvalue weighted by atomic mass is 9.78. The van der Waals surface area contributed by atoms with Crippen molar-refractivity contribution in [1.29, 1.82) is 0 Å². The number of nitrogens with one attached hydrogen (secondary N) is 2. The van der Waals surface area contributed by atoms with Crippen LogP contribution in [0.15, 0.2) is 35.4 Å². The van der Waals surface area contributed by atoms with Crippen molar-refractivity contribution in [2.75, 3.05) is 64.4 Å². The highest BCUT2D eigenvalue weighted by atomic mass is 19.4. The Morgan fingerprint density at radius 2 is 1.71 bits per heavy atom. The van der Waals surface area contributed by atoms with Crippen LogP contribution in [0.4, 0.5) is 19.1 Å². The zero-order valence-electron chi connectivity index (χ0n) is 35.6. The SMILES string of the molecule is Cn1c(=O)n([C@H]2CCC(=O)NC2=O)c2ccc(CCCOCCON3CCN(C[C@H]4CC[C@H](c5cn([C@H]6CC[C@H](O)CC6)c6nc(NCCC(F)(F)F)ncc65)CC4)CC3)cc21. The van der Waals surface area contributed by atoms with E-state index in [0.29, 0.717) is 43.6 Å². The number of benzene rings is 1. The molecule has 2 aliphatic heterocycles. The highest BCUT2D eigenvalue weighted by Crippen LogP contribution is 2.42. The number of nitrogens with zero attached hydrogens (tertiary/aromatic N) is 7. The van der Waals surface area contributed by atoms with Crippen LogP contribution in [-0.4, -0.2) is 122 Å². The van der Waals surface area contributed by atoms with E-state index in [-0.39, 0.29) is 42.7 Å². The first-order chi connectivity index (χ1) is 29.9. The Bertz CT molecular complexity index is 2230. The number of rotatable bonds is 16. The maximum atomic E-state index is 13.1. The van der Waals surface area contributed by atoms with E-state index in [2.05, 4.69) is 31.3 Å². The van der Waals surface area contributed by atoms with Crippen LogP contribution in [-0.2, 0) is 32.6 Å². The molecule has 2 saturated heterocycles. The standard InChI is InChI=1S/C44H60F3N9O6/c1-52-38-25-29(6-13-36(38)56(43(52)60)37-14-15-39(58)50-41(37)59)3-2-22-61-23-24-62-54-20-18-53(19-21-54)27-30-4-7-31(8-5-30)35-28-55(32-9-11-33(57)12-10-32)40-34(35)26-49-42(51-40)48-17-16-44(45,46)47/h6,13,25-26,28,30-33,37,57H,2-5,7-12,14-24,27H2,1H3,(H,48,49,51)(H,50,58,59)/t30-,31-,32-,33-,37-/m0/s1. The van der Waals surface area contributed by atoms with E-state index in [1.165, 1.54) is 10.1 Å². The number of hydrogen-bond acceptors (Lipinski definition) is 11. The van der Waals surface area contributed by atoms with Crippen LogP contribution >= 0.6 is 0 Å². The number of aromatic nitrogens is 5. The lowest BCUT2D eigenvalue weighted by molar-refractivity contribution is -0.186. The smallest absolute Gasteiger partial charge is 0.390 e. The molecular weight excluding hydrogens is 808 g/mol. The number of imide groups is 1. The molecule has 3 N–H and O–H groups in total. The number of anilines is 1. The molecule has 18 heteroatoms. The van der Waals surface area contributed by atoms with Gasteiger partial charge >= 0.3 is 11.9 Å². The van der Waals surface area contributed by atoms with E-state index in [9.17, 15) is 32.7 Å². The fourth-order valence-electron chi connectivity index (χ4n) is 9.96. The van der Waals surface area contributed by atoms with Gasteiger partial charge in [-0.25, -0.2) is 9.78 Å². The van der Waals surface area contributed by atoms with Gasteiger partial charge in [0.25, 0.3) is 0 Å².